The summed E-state index contributed by atoms with van der Waals surface area (Å²) < 4.78 is 60.3. The van der Waals surface area contributed by atoms with Crippen molar-refractivity contribution in [1.29, 1.82) is 15.8 Å². The number of hydrogen-bond acceptors (Lipinski definition) is 8. The summed E-state index contributed by atoms with van der Waals surface area (Å²) in [5.74, 6) is -5.88. The van der Waals surface area contributed by atoms with E-state index in [0.29, 0.717) is 4.88 Å². The molecule has 0 atom stereocenters. The van der Waals surface area contributed by atoms with Crippen LogP contribution in [-0.4, -0.2) is 11.6 Å². The van der Waals surface area contributed by atoms with Crippen LogP contribution in [0.25, 0.3) is 47.3 Å². The summed E-state index contributed by atoms with van der Waals surface area (Å²) >= 11 is 4.96. The molecule has 0 aliphatic heterocycles. The fourth-order valence-electron chi connectivity index (χ4n) is 11.4. The van der Waals surface area contributed by atoms with Crippen LogP contribution in [0.2, 0.25) is 0 Å². The van der Waals surface area contributed by atoms with Crippen molar-refractivity contribution in [1.82, 2.24) is 0 Å². The SMILES string of the molecule is [C-]#[N+]/C(C#N)=C1\C(=C/c2cc3sc4c(c3s2)C2(CCCCC2)c2c-4sc3c2C2(CCCCC2)C(/C=C2\C(=O)c4cc(F)c(F)cc4C2=C(C#N)C#N)=C3)C(=O)c2cc(F)c(F)cc21. The lowest BCUT2D eigenvalue weighted by Gasteiger charge is -2.42. The molecular weight excluding hydrogens is 861 g/mol. The van der Waals surface area contributed by atoms with Gasteiger partial charge < -0.3 is 0 Å². The number of benzene rings is 2. The van der Waals surface area contributed by atoms with Crippen LogP contribution in [0.15, 0.2) is 64.4 Å². The molecule has 0 radical (unpaired) electrons. The third kappa shape index (κ3) is 5.28. The maximum absolute atomic E-state index is 14.7. The number of thiophene rings is 3. The largest absolute Gasteiger partial charge is 0.289 e. The van der Waals surface area contributed by atoms with Crippen LogP contribution >= 0.6 is 34.0 Å². The first-order valence-electron chi connectivity index (χ1n) is 20.5. The number of nitriles is 3. The summed E-state index contributed by atoms with van der Waals surface area (Å²) in [6, 6.07) is 11.1. The summed E-state index contributed by atoms with van der Waals surface area (Å²) in [5, 5.41) is 29.9. The average Bonchev–Trinajstić information content (AvgIpc) is 4.13. The number of fused-ring (bicyclic) bond motifs is 12. The summed E-state index contributed by atoms with van der Waals surface area (Å²) in [7, 11) is 0. The minimum atomic E-state index is -1.19. The second kappa shape index (κ2) is 14.0. The van der Waals surface area contributed by atoms with E-state index in [1.54, 1.807) is 34.8 Å². The van der Waals surface area contributed by atoms with Crippen molar-refractivity contribution in [3.8, 4) is 28.0 Å². The highest BCUT2D eigenvalue weighted by molar-refractivity contribution is 7.32. The van der Waals surface area contributed by atoms with Crippen molar-refractivity contribution in [3.05, 3.63) is 148 Å². The number of hydrogen-bond donors (Lipinski definition) is 0. The van der Waals surface area contributed by atoms with Crippen molar-refractivity contribution in [2.24, 2.45) is 0 Å². The van der Waals surface area contributed by atoms with Gasteiger partial charge >= 0.3 is 0 Å². The van der Waals surface area contributed by atoms with Crippen LogP contribution < -0.4 is 0 Å². The van der Waals surface area contributed by atoms with Gasteiger partial charge in [0.1, 0.15) is 17.7 Å². The molecule has 306 valence electrons. The maximum Gasteiger partial charge on any atom is 0.270 e. The lowest BCUT2D eigenvalue weighted by atomic mass is 9.61. The fraction of sp³-hybridized carbons (Fsp3) is 0.240. The molecule has 0 bridgehead atoms. The molecule has 6 aliphatic carbocycles. The Hall–Kier alpha value is -6.48. The third-order valence-electron chi connectivity index (χ3n) is 13.9. The highest BCUT2D eigenvalue weighted by Gasteiger charge is 2.55. The molecule has 3 heterocycles. The molecule has 11 rings (SSSR count). The van der Waals surface area contributed by atoms with E-state index in [2.05, 4.69) is 10.9 Å². The van der Waals surface area contributed by atoms with Gasteiger partial charge in [-0.2, -0.15) is 10.5 Å². The molecule has 5 aromatic rings. The van der Waals surface area contributed by atoms with Crippen molar-refractivity contribution in [2.75, 3.05) is 0 Å². The predicted octanol–water partition coefficient (Wildman–Crippen LogP) is 13.5. The first-order chi connectivity index (χ1) is 30.5. The van der Waals surface area contributed by atoms with E-state index in [1.807, 2.05) is 24.3 Å². The van der Waals surface area contributed by atoms with E-state index in [-0.39, 0.29) is 61.2 Å². The number of rotatable bonds is 2. The molecule has 0 saturated heterocycles. The molecule has 63 heavy (non-hydrogen) atoms. The van der Waals surface area contributed by atoms with Gasteiger partial charge in [-0.05, 0) is 102 Å². The van der Waals surface area contributed by atoms with Crippen LogP contribution in [-0.2, 0) is 10.8 Å². The summed E-state index contributed by atoms with van der Waals surface area (Å²) in [6.07, 6.45) is 15.1. The standard InChI is InChI=1S/C50H28F4N4O2S3/c1-58-36(22-57)40-27-17-33(52)35(54)19-29(27)45(60)31(40)14-25-15-38-46(61-25)43-48(63-38)47-42(50(43)10-6-3-7-11-50)41-37(62-47)13-24(49(41)8-4-2-5-9-49)12-30-39(23(20-55)21-56)26-16-32(51)34(53)18-28(26)44(30)59/h12-19H,2-11H2/b30-12-,31-14+,40-36-. The number of nitrogens with zero attached hydrogens (tertiary/aromatic N) is 4. The molecule has 0 unspecified atom stereocenters. The molecule has 2 saturated carbocycles. The molecule has 13 heteroatoms. The van der Waals surface area contributed by atoms with E-state index in [0.717, 1.165) is 108 Å². The van der Waals surface area contributed by atoms with Gasteiger partial charge in [-0.15, -0.1) is 34.0 Å². The number of Topliss-reactive ketones (excluding diaryl/α,β-unsaturated/α-hetero) is 2. The second-order valence-corrected chi connectivity index (χ2v) is 20.1. The van der Waals surface area contributed by atoms with Gasteiger partial charge in [0.2, 0.25) is 0 Å². The normalized spacial score (nSPS) is 20.6. The first-order valence-corrected chi connectivity index (χ1v) is 23.0. The van der Waals surface area contributed by atoms with Crippen LogP contribution in [0.5, 0.6) is 0 Å². The molecule has 3 aromatic heterocycles. The van der Waals surface area contributed by atoms with Gasteiger partial charge in [-0.1, -0.05) is 38.5 Å². The van der Waals surface area contributed by atoms with E-state index >= 15 is 0 Å². The zero-order valence-corrected chi connectivity index (χ0v) is 35.5. The highest BCUT2D eigenvalue weighted by atomic mass is 32.1. The minimum absolute atomic E-state index is 0.00692. The zero-order chi connectivity index (χ0) is 43.7. The zero-order valence-electron chi connectivity index (χ0n) is 33.0. The Bertz CT molecular complexity index is 3350. The number of carbonyl (C=O) groups is 2. The summed E-state index contributed by atoms with van der Waals surface area (Å²) in [6.45, 7) is 7.66. The molecule has 0 amide bonds. The van der Waals surface area contributed by atoms with E-state index in [9.17, 15) is 42.9 Å². The van der Waals surface area contributed by atoms with E-state index < -0.39 is 40.3 Å². The van der Waals surface area contributed by atoms with Crippen molar-refractivity contribution >= 4 is 78.3 Å². The topological polar surface area (TPSA) is 110 Å². The minimum Gasteiger partial charge on any atom is -0.289 e. The summed E-state index contributed by atoms with van der Waals surface area (Å²) in [5.41, 5.74) is 3.22. The van der Waals surface area contributed by atoms with Crippen LogP contribution in [0, 0.1) is 63.8 Å². The third-order valence-corrected chi connectivity index (χ3v) is 17.6. The van der Waals surface area contributed by atoms with Crippen LogP contribution in [0.1, 0.15) is 122 Å². The summed E-state index contributed by atoms with van der Waals surface area (Å²) in [4.78, 5) is 35.5. The Balaban J connectivity index is 1.07. The Morgan fingerprint density at radius 1 is 0.635 bits per heavy atom. The Morgan fingerprint density at radius 3 is 1.75 bits per heavy atom. The van der Waals surface area contributed by atoms with Crippen molar-refractivity contribution in [3.63, 3.8) is 0 Å². The van der Waals surface area contributed by atoms with Crippen molar-refractivity contribution in [2.45, 2.75) is 75.0 Å². The molecule has 6 nitrogen and oxygen atoms in total. The predicted molar refractivity (Wildman–Crippen MR) is 234 cm³/mol. The molecule has 0 N–H and O–H groups in total. The van der Waals surface area contributed by atoms with Gasteiger partial charge in [-0.25, -0.2) is 27.7 Å². The smallest absolute Gasteiger partial charge is 0.270 e. The first kappa shape index (κ1) is 39.4. The molecule has 2 fully saturated rings. The number of halogens is 4. The lowest BCUT2D eigenvalue weighted by molar-refractivity contribution is 0.103. The quantitative estimate of drug-likeness (QED) is 0.0759. The monoisotopic (exact) mass is 888 g/mol. The molecular formula is C50H28F4N4O2S3. The Morgan fingerprint density at radius 2 is 1.17 bits per heavy atom. The number of carbonyl (C=O) groups excluding carboxylic acids is 2. The van der Waals surface area contributed by atoms with Gasteiger partial charge in [0.05, 0.1) is 22.2 Å². The van der Waals surface area contributed by atoms with Crippen molar-refractivity contribution < 1.29 is 27.2 Å². The highest BCUT2D eigenvalue weighted by Crippen LogP contribution is 2.69. The lowest BCUT2D eigenvalue weighted by Crippen LogP contribution is -2.35. The van der Waals surface area contributed by atoms with Crippen LogP contribution in [0.4, 0.5) is 17.6 Å². The van der Waals surface area contributed by atoms with Gasteiger partial charge in [0, 0.05) is 69.1 Å². The average molecular weight is 889 g/mol. The van der Waals surface area contributed by atoms with E-state index in [1.165, 1.54) is 37.8 Å². The second-order valence-electron chi connectivity index (χ2n) is 16.9. The number of allylic oxidation sites excluding steroid dienone is 8. The fourth-order valence-corrected chi connectivity index (χ4v) is 15.7. The number of ketones is 2. The Kier molecular flexibility index (Phi) is 8.76. The molecule has 2 spiro atoms. The van der Waals surface area contributed by atoms with E-state index in [4.69, 9.17) is 6.57 Å². The maximum atomic E-state index is 14.7. The van der Waals surface area contributed by atoms with Gasteiger partial charge in [-0.3, -0.25) is 9.59 Å². The molecule has 6 aliphatic rings. The molecule has 2 aromatic carbocycles. The van der Waals surface area contributed by atoms with Gasteiger partial charge in [0.25, 0.3) is 5.70 Å². The van der Waals surface area contributed by atoms with Gasteiger partial charge in [0.15, 0.2) is 34.8 Å². The Labute approximate surface area is 370 Å². The van der Waals surface area contributed by atoms with Crippen LogP contribution in [0.3, 0.4) is 0 Å².